The fourth-order valence-electron chi connectivity index (χ4n) is 0.952. The van der Waals surface area contributed by atoms with E-state index in [9.17, 15) is 4.39 Å². The summed E-state index contributed by atoms with van der Waals surface area (Å²) < 4.78 is 18.7. The van der Waals surface area contributed by atoms with Crippen LogP contribution in [0.25, 0.3) is 11.5 Å². The van der Waals surface area contributed by atoms with Gasteiger partial charge < -0.3 is 4.52 Å². The van der Waals surface area contributed by atoms with E-state index in [0.29, 0.717) is 14.8 Å². The van der Waals surface area contributed by atoms with Gasteiger partial charge in [0.2, 0.25) is 4.73 Å². The Balaban J connectivity index is 2.47. The number of aromatic nitrogens is 2. The summed E-state index contributed by atoms with van der Waals surface area (Å²) in [7, 11) is 0. The summed E-state index contributed by atoms with van der Waals surface area (Å²) >= 11 is 6.10. The van der Waals surface area contributed by atoms with Crippen LogP contribution in [0.3, 0.4) is 0 Å². The van der Waals surface area contributed by atoms with Crippen LogP contribution >= 0.6 is 31.9 Å². The quantitative estimate of drug-likeness (QED) is 0.808. The molecule has 0 saturated heterocycles. The minimum atomic E-state index is -0.364. The predicted molar refractivity (Wildman–Crippen MR) is 55.1 cm³/mol. The fraction of sp³-hybridized carbons (Fsp3) is 0. The number of hydrogen-bond donors (Lipinski definition) is 0. The molecule has 0 aliphatic heterocycles. The summed E-state index contributed by atoms with van der Waals surface area (Å²) in [5, 5.41) is 3.54. The van der Waals surface area contributed by atoms with Gasteiger partial charge in [-0.2, -0.15) is 4.98 Å². The first-order valence-corrected chi connectivity index (χ1v) is 5.20. The average molecular weight is 322 g/mol. The lowest BCUT2D eigenvalue weighted by molar-refractivity contribution is 0.426. The molecule has 2 aromatic rings. The lowest BCUT2D eigenvalue weighted by atomic mass is 10.2. The number of hydrogen-bond acceptors (Lipinski definition) is 3. The molecule has 1 heterocycles. The fourth-order valence-corrected chi connectivity index (χ4v) is 1.43. The van der Waals surface area contributed by atoms with E-state index in [2.05, 4.69) is 42.0 Å². The van der Waals surface area contributed by atoms with Crippen molar-refractivity contribution in [2.24, 2.45) is 0 Å². The van der Waals surface area contributed by atoms with Gasteiger partial charge in [0, 0.05) is 5.56 Å². The summed E-state index contributed by atoms with van der Waals surface area (Å²) in [5.41, 5.74) is 0.545. The molecule has 1 aromatic carbocycles. The molecule has 6 heteroatoms. The first-order chi connectivity index (χ1) is 6.66. The summed E-state index contributed by atoms with van der Waals surface area (Å²) in [5.74, 6) is -0.0832. The third-order valence-electron chi connectivity index (χ3n) is 1.57. The zero-order chi connectivity index (χ0) is 10.1. The van der Waals surface area contributed by atoms with E-state index >= 15 is 0 Å². The van der Waals surface area contributed by atoms with Crippen LogP contribution in [0, 0.1) is 5.82 Å². The standard InChI is InChI=1S/C8H3Br2FN2O/c9-5-2-1-4(3-6(5)11)7-12-8(10)13-14-7/h1-3H. The number of rotatable bonds is 1. The molecule has 3 nitrogen and oxygen atoms in total. The Morgan fingerprint density at radius 3 is 2.64 bits per heavy atom. The molecule has 0 saturated carbocycles. The third kappa shape index (κ3) is 1.85. The van der Waals surface area contributed by atoms with E-state index in [4.69, 9.17) is 4.52 Å². The summed E-state index contributed by atoms with van der Waals surface area (Å²) in [4.78, 5) is 3.91. The molecule has 1 aromatic heterocycles. The SMILES string of the molecule is Fc1cc(-c2nc(Br)no2)ccc1Br. The van der Waals surface area contributed by atoms with Gasteiger partial charge in [-0.15, -0.1) is 0 Å². The minimum absolute atomic E-state index is 0.281. The second kappa shape index (κ2) is 3.78. The van der Waals surface area contributed by atoms with Gasteiger partial charge in [-0.3, -0.25) is 0 Å². The smallest absolute Gasteiger partial charge is 0.258 e. The van der Waals surface area contributed by atoms with Crippen molar-refractivity contribution in [3.63, 3.8) is 0 Å². The summed E-state index contributed by atoms with van der Waals surface area (Å²) in [6.07, 6.45) is 0. The molecular formula is C8H3Br2FN2O. The van der Waals surface area contributed by atoms with Gasteiger partial charge >= 0.3 is 0 Å². The van der Waals surface area contributed by atoms with Gasteiger partial charge in [-0.25, -0.2) is 4.39 Å². The van der Waals surface area contributed by atoms with Gasteiger partial charge in [-0.1, -0.05) is 0 Å². The topological polar surface area (TPSA) is 38.9 Å². The van der Waals surface area contributed by atoms with Gasteiger partial charge in [0.15, 0.2) is 0 Å². The Morgan fingerprint density at radius 2 is 2.07 bits per heavy atom. The lowest BCUT2D eigenvalue weighted by Gasteiger charge is -1.96. The second-order valence-electron chi connectivity index (χ2n) is 2.50. The van der Waals surface area contributed by atoms with Crippen LogP contribution in [-0.2, 0) is 0 Å². The van der Waals surface area contributed by atoms with E-state index < -0.39 is 0 Å². The van der Waals surface area contributed by atoms with Crippen LogP contribution < -0.4 is 0 Å². The van der Waals surface area contributed by atoms with Crippen molar-refractivity contribution in [3.8, 4) is 11.5 Å². The first-order valence-electron chi connectivity index (χ1n) is 3.61. The van der Waals surface area contributed by atoms with Crippen molar-refractivity contribution in [3.05, 3.63) is 33.2 Å². The van der Waals surface area contributed by atoms with Crippen LogP contribution in [0.4, 0.5) is 4.39 Å². The first kappa shape index (κ1) is 9.79. The highest BCUT2D eigenvalue weighted by Crippen LogP contribution is 2.23. The zero-order valence-corrected chi connectivity index (χ0v) is 9.84. The van der Waals surface area contributed by atoms with E-state index in [1.54, 1.807) is 12.1 Å². The Hall–Kier alpha value is -0.750. The largest absolute Gasteiger partial charge is 0.333 e. The van der Waals surface area contributed by atoms with Crippen molar-refractivity contribution in [2.75, 3.05) is 0 Å². The van der Waals surface area contributed by atoms with Crippen molar-refractivity contribution >= 4 is 31.9 Å². The molecule has 0 spiro atoms. The maximum absolute atomic E-state index is 13.1. The van der Waals surface area contributed by atoms with Crippen LogP contribution in [-0.4, -0.2) is 10.1 Å². The van der Waals surface area contributed by atoms with Gasteiger partial charge in [0.1, 0.15) is 5.82 Å². The van der Waals surface area contributed by atoms with Gasteiger partial charge in [0.05, 0.1) is 4.47 Å². The number of halogens is 3. The molecule has 0 bridgehead atoms. The molecule has 0 N–H and O–H groups in total. The van der Waals surface area contributed by atoms with Crippen molar-refractivity contribution in [1.29, 1.82) is 0 Å². The average Bonchev–Trinajstić information content (AvgIpc) is 2.57. The Bertz CT molecular complexity index is 472. The molecule has 0 radical (unpaired) electrons. The summed E-state index contributed by atoms with van der Waals surface area (Å²) in [6.45, 7) is 0. The third-order valence-corrected chi connectivity index (χ3v) is 2.53. The Kier molecular flexibility index (Phi) is 2.64. The molecular weight excluding hydrogens is 319 g/mol. The second-order valence-corrected chi connectivity index (χ2v) is 4.06. The van der Waals surface area contributed by atoms with E-state index in [1.165, 1.54) is 6.07 Å². The van der Waals surface area contributed by atoms with E-state index in [-0.39, 0.29) is 11.7 Å². The van der Waals surface area contributed by atoms with E-state index in [0.717, 1.165) is 0 Å². The van der Waals surface area contributed by atoms with Crippen LogP contribution in [0.1, 0.15) is 0 Å². The Labute approximate surface area is 95.6 Å². The highest BCUT2D eigenvalue weighted by Gasteiger charge is 2.08. The van der Waals surface area contributed by atoms with Crippen molar-refractivity contribution in [2.45, 2.75) is 0 Å². The zero-order valence-electron chi connectivity index (χ0n) is 6.67. The molecule has 0 fully saturated rings. The maximum atomic E-state index is 13.1. The van der Waals surface area contributed by atoms with Crippen molar-refractivity contribution in [1.82, 2.24) is 10.1 Å². The number of benzene rings is 1. The highest BCUT2D eigenvalue weighted by molar-refractivity contribution is 9.10. The molecule has 2 rings (SSSR count). The molecule has 0 amide bonds. The molecule has 0 atom stereocenters. The Morgan fingerprint density at radius 1 is 1.29 bits per heavy atom. The van der Waals surface area contributed by atoms with E-state index in [1.807, 2.05) is 0 Å². The molecule has 72 valence electrons. The van der Waals surface area contributed by atoms with Crippen LogP contribution in [0.2, 0.25) is 0 Å². The molecule has 0 aliphatic carbocycles. The highest BCUT2D eigenvalue weighted by atomic mass is 79.9. The predicted octanol–water partition coefficient (Wildman–Crippen LogP) is 3.40. The normalized spacial score (nSPS) is 10.5. The monoisotopic (exact) mass is 320 g/mol. The van der Waals surface area contributed by atoms with Crippen molar-refractivity contribution < 1.29 is 8.91 Å². The molecule has 0 aliphatic rings. The lowest BCUT2D eigenvalue weighted by Crippen LogP contribution is -1.81. The van der Waals surface area contributed by atoms with Crippen LogP contribution in [0.5, 0.6) is 0 Å². The number of nitrogens with zero attached hydrogens (tertiary/aromatic N) is 2. The molecule has 14 heavy (non-hydrogen) atoms. The van der Waals surface area contributed by atoms with Crippen LogP contribution in [0.15, 0.2) is 31.9 Å². The van der Waals surface area contributed by atoms with Gasteiger partial charge in [-0.05, 0) is 55.2 Å². The maximum Gasteiger partial charge on any atom is 0.258 e. The van der Waals surface area contributed by atoms with Gasteiger partial charge in [0.25, 0.3) is 5.89 Å². The summed E-state index contributed by atoms with van der Waals surface area (Å²) in [6, 6.07) is 4.60. The minimum Gasteiger partial charge on any atom is -0.333 e. The molecule has 0 unspecified atom stereocenters.